The number of hydrogen-bond donors (Lipinski definition) is 0. The Morgan fingerprint density at radius 2 is 0.829 bits per heavy atom. The van der Waals surface area contributed by atoms with Gasteiger partial charge >= 0.3 is 0 Å². The molecule has 13 aromatic rings. The van der Waals surface area contributed by atoms with Crippen molar-refractivity contribution in [3.63, 3.8) is 0 Å². The molecule has 0 N–H and O–H groups in total. The second-order valence-electron chi connectivity index (χ2n) is 18.4. The molecule has 14 rings (SSSR count). The summed E-state index contributed by atoms with van der Waals surface area (Å²) in [4.78, 5) is 2.40. The number of nitrogens with zero attached hydrogens (tertiary/aromatic N) is 2. The second kappa shape index (κ2) is 16.0. The summed E-state index contributed by atoms with van der Waals surface area (Å²) in [5, 5.41) is 4.78. The number of fused-ring (bicyclic) bond motifs is 9. The summed E-state index contributed by atoms with van der Waals surface area (Å²) in [6.07, 6.45) is 0. The zero-order chi connectivity index (χ0) is 46.2. The third-order valence-corrected chi connectivity index (χ3v) is 14.7. The first kappa shape index (κ1) is 39.9. The van der Waals surface area contributed by atoms with Gasteiger partial charge in [0, 0.05) is 44.3 Å². The minimum atomic E-state index is -0.476. The standard InChI is InChI=1S/C67H44N2O/c1-3-17-49(18-4-1)67(50-19-5-2-6-20-50)61-26-11-7-22-55(61)60-44-54(39-41-62(60)67)68(52-37-32-46(33-38-52)48-34-40-59-58-25-10-14-29-65(58)70-66(59)43-48)51-35-30-45(31-36-51)47-16-15-21-53(42-47)69-63-27-12-8-23-56(63)57-24-9-13-28-64(57)69/h1-44H. The van der Waals surface area contributed by atoms with Gasteiger partial charge in [-0.05, 0) is 134 Å². The van der Waals surface area contributed by atoms with Crippen molar-refractivity contribution in [2.24, 2.45) is 0 Å². The molecule has 3 heteroatoms. The number of rotatable bonds is 8. The van der Waals surface area contributed by atoms with Gasteiger partial charge in [-0.3, -0.25) is 0 Å². The highest BCUT2D eigenvalue weighted by atomic mass is 16.3. The van der Waals surface area contributed by atoms with Crippen LogP contribution in [0.4, 0.5) is 17.1 Å². The van der Waals surface area contributed by atoms with Gasteiger partial charge in [0.15, 0.2) is 0 Å². The molecular weight excluding hydrogens is 849 g/mol. The lowest BCUT2D eigenvalue weighted by atomic mass is 9.68. The maximum absolute atomic E-state index is 6.32. The number of aromatic nitrogens is 1. The van der Waals surface area contributed by atoms with Gasteiger partial charge in [-0.15, -0.1) is 0 Å². The number of anilines is 3. The molecule has 0 saturated heterocycles. The van der Waals surface area contributed by atoms with Crippen LogP contribution in [-0.2, 0) is 5.41 Å². The van der Waals surface area contributed by atoms with Crippen LogP contribution in [0, 0.1) is 0 Å². The van der Waals surface area contributed by atoms with Gasteiger partial charge in [0.1, 0.15) is 11.2 Å². The Balaban J connectivity index is 0.900. The van der Waals surface area contributed by atoms with E-state index >= 15 is 0 Å². The molecule has 11 aromatic carbocycles. The maximum atomic E-state index is 6.32. The average molecular weight is 893 g/mol. The molecule has 0 aliphatic heterocycles. The second-order valence-corrected chi connectivity index (χ2v) is 18.4. The Bertz CT molecular complexity index is 4020. The fraction of sp³-hybridized carbons (Fsp3) is 0.0149. The maximum Gasteiger partial charge on any atom is 0.136 e. The monoisotopic (exact) mass is 892 g/mol. The van der Waals surface area contributed by atoms with Crippen molar-refractivity contribution in [3.05, 3.63) is 289 Å². The van der Waals surface area contributed by atoms with Crippen molar-refractivity contribution in [3.8, 4) is 39.1 Å². The van der Waals surface area contributed by atoms with E-state index in [1.807, 2.05) is 12.1 Å². The van der Waals surface area contributed by atoms with Crippen LogP contribution in [0.25, 0.3) is 82.8 Å². The Hall–Kier alpha value is -9.18. The van der Waals surface area contributed by atoms with Crippen molar-refractivity contribution >= 4 is 60.8 Å². The van der Waals surface area contributed by atoms with Crippen LogP contribution in [0.2, 0.25) is 0 Å². The Labute approximate surface area is 406 Å². The lowest BCUT2D eigenvalue weighted by molar-refractivity contribution is 0.669. The zero-order valence-corrected chi connectivity index (χ0v) is 38.2. The van der Waals surface area contributed by atoms with E-state index in [2.05, 4.69) is 264 Å². The molecule has 0 spiro atoms. The largest absolute Gasteiger partial charge is 0.456 e. The highest BCUT2D eigenvalue weighted by molar-refractivity contribution is 6.09. The minimum absolute atomic E-state index is 0.476. The molecule has 3 nitrogen and oxygen atoms in total. The number of furan rings is 1. The van der Waals surface area contributed by atoms with Crippen LogP contribution in [-0.4, -0.2) is 4.57 Å². The van der Waals surface area contributed by atoms with Gasteiger partial charge in [-0.1, -0.05) is 188 Å². The molecule has 2 heterocycles. The van der Waals surface area contributed by atoms with E-state index in [-0.39, 0.29) is 0 Å². The molecular formula is C67H44N2O. The molecule has 0 bridgehead atoms. The minimum Gasteiger partial charge on any atom is -0.456 e. The van der Waals surface area contributed by atoms with Gasteiger partial charge in [-0.25, -0.2) is 0 Å². The average Bonchev–Trinajstić information content (AvgIpc) is 4.08. The summed E-state index contributed by atoms with van der Waals surface area (Å²) in [6.45, 7) is 0. The SMILES string of the molecule is c1ccc(C2(c3ccccc3)c3ccccc3-c3cc(N(c4ccc(-c5cccc(-n6c7ccccc7c7ccccc76)c5)cc4)c4ccc(-c5ccc6c(c5)oc5ccccc56)cc4)ccc32)cc1. The third-order valence-electron chi connectivity index (χ3n) is 14.7. The Morgan fingerprint density at radius 1 is 0.314 bits per heavy atom. The summed E-state index contributed by atoms with van der Waals surface area (Å²) < 4.78 is 8.70. The van der Waals surface area contributed by atoms with E-state index in [1.165, 1.54) is 55.2 Å². The molecule has 0 radical (unpaired) electrons. The predicted octanol–water partition coefficient (Wildman–Crippen LogP) is 17.8. The zero-order valence-electron chi connectivity index (χ0n) is 38.2. The molecule has 0 saturated carbocycles. The van der Waals surface area contributed by atoms with Crippen LogP contribution in [0.3, 0.4) is 0 Å². The Morgan fingerprint density at radius 3 is 1.50 bits per heavy atom. The highest BCUT2D eigenvalue weighted by Gasteiger charge is 2.46. The molecule has 0 atom stereocenters. The van der Waals surface area contributed by atoms with Gasteiger partial charge in [0.25, 0.3) is 0 Å². The fourth-order valence-corrected chi connectivity index (χ4v) is 11.6. The summed E-state index contributed by atoms with van der Waals surface area (Å²) in [5.74, 6) is 0. The van der Waals surface area contributed by atoms with Gasteiger partial charge < -0.3 is 13.9 Å². The lowest BCUT2D eigenvalue weighted by Gasteiger charge is -2.34. The van der Waals surface area contributed by atoms with Crippen molar-refractivity contribution in [1.82, 2.24) is 4.57 Å². The van der Waals surface area contributed by atoms with Crippen LogP contribution in [0.5, 0.6) is 0 Å². The summed E-state index contributed by atoms with van der Waals surface area (Å²) in [5.41, 5.74) is 20.2. The fourth-order valence-electron chi connectivity index (χ4n) is 11.6. The van der Waals surface area contributed by atoms with Crippen LogP contribution < -0.4 is 4.90 Å². The van der Waals surface area contributed by atoms with E-state index in [9.17, 15) is 0 Å². The van der Waals surface area contributed by atoms with Crippen molar-refractivity contribution < 1.29 is 4.42 Å². The normalized spacial score (nSPS) is 12.7. The smallest absolute Gasteiger partial charge is 0.136 e. The molecule has 0 amide bonds. The number of hydrogen-bond acceptors (Lipinski definition) is 2. The topological polar surface area (TPSA) is 21.3 Å². The summed E-state index contributed by atoms with van der Waals surface area (Å²) in [6, 6.07) is 97.3. The van der Waals surface area contributed by atoms with E-state index in [0.29, 0.717) is 0 Å². The number of para-hydroxylation sites is 3. The first-order chi connectivity index (χ1) is 34.7. The Kier molecular flexibility index (Phi) is 9.11. The number of benzene rings is 11. The van der Waals surface area contributed by atoms with E-state index in [4.69, 9.17) is 4.42 Å². The van der Waals surface area contributed by atoms with Crippen molar-refractivity contribution in [2.75, 3.05) is 4.90 Å². The first-order valence-electron chi connectivity index (χ1n) is 24.1. The van der Waals surface area contributed by atoms with E-state index < -0.39 is 5.41 Å². The van der Waals surface area contributed by atoms with Gasteiger partial charge in [0.2, 0.25) is 0 Å². The molecule has 70 heavy (non-hydrogen) atoms. The van der Waals surface area contributed by atoms with Gasteiger partial charge in [0.05, 0.1) is 16.4 Å². The lowest BCUT2D eigenvalue weighted by Crippen LogP contribution is -2.28. The van der Waals surface area contributed by atoms with Crippen molar-refractivity contribution in [1.29, 1.82) is 0 Å². The molecule has 1 aliphatic rings. The highest BCUT2D eigenvalue weighted by Crippen LogP contribution is 2.57. The third kappa shape index (κ3) is 6.15. The molecule has 2 aromatic heterocycles. The molecule has 0 unspecified atom stereocenters. The first-order valence-corrected chi connectivity index (χ1v) is 24.1. The van der Waals surface area contributed by atoms with Gasteiger partial charge in [-0.2, -0.15) is 0 Å². The predicted molar refractivity (Wildman–Crippen MR) is 291 cm³/mol. The van der Waals surface area contributed by atoms with E-state index in [1.54, 1.807) is 0 Å². The van der Waals surface area contributed by atoms with Crippen molar-refractivity contribution in [2.45, 2.75) is 5.41 Å². The molecule has 0 fully saturated rings. The summed E-state index contributed by atoms with van der Waals surface area (Å²) in [7, 11) is 0. The summed E-state index contributed by atoms with van der Waals surface area (Å²) >= 11 is 0. The van der Waals surface area contributed by atoms with Crippen LogP contribution in [0.15, 0.2) is 271 Å². The van der Waals surface area contributed by atoms with Crippen LogP contribution >= 0.6 is 0 Å². The van der Waals surface area contributed by atoms with E-state index in [0.717, 1.165) is 66.9 Å². The van der Waals surface area contributed by atoms with Crippen LogP contribution in [0.1, 0.15) is 22.3 Å². The molecule has 1 aliphatic carbocycles. The molecule has 328 valence electrons. The quantitative estimate of drug-likeness (QED) is 0.152.